The number of aromatic amines is 1. The monoisotopic (exact) mass is 525 g/mol. The molecule has 0 aliphatic heterocycles. The summed E-state index contributed by atoms with van der Waals surface area (Å²) in [6, 6.07) is 18.0. The lowest BCUT2D eigenvalue weighted by atomic mass is 10.0. The molecule has 0 aliphatic rings. The van der Waals surface area contributed by atoms with Crippen molar-refractivity contribution in [2.45, 2.75) is 0 Å². The molecule has 1 amide bonds. The van der Waals surface area contributed by atoms with Gasteiger partial charge >= 0.3 is 5.76 Å². The van der Waals surface area contributed by atoms with Gasteiger partial charge in [0.1, 0.15) is 5.69 Å². The number of nitrogens with one attached hydrogen (secondary N) is 2. The van der Waals surface area contributed by atoms with E-state index in [1.54, 1.807) is 51.1 Å². The lowest BCUT2D eigenvalue weighted by molar-refractivity contribution is 0.102. The fourth-order valence-electron chi connectivity index (χ4n) is 4.50. The molecule has 2 N–H and O–H groups in total. The SMILES string of the molecule is COc1ccc(-c2ccc3cc(C(=O)Nc4ccc(C#N)cc4-c4noc(=O)[nH]4)n(C)c3c2)c(OC)c1OC. The van der Waals surface area contributed by atoms with Crippen LogP contribution in [0, 0.1) is 11.3 Å². The van der Waals surface area contributed by atoms with Crippen molar-refractivity contribution in [1.29, 1.82) is 5.26 Å². The van der Waals surface area contributed by atoms with Crippen LogP contribution in [-0.2, 0) is 7.05 Å². The zero-order chi connectivity index (χ0) is 27.7. The average molecular weight is 526 g/mol. The highest BCUT2D eigenvalue weighted by atomic mass is 16.5. The summed E-state index contributed by atoms with van der Waals surface area (Å²) in [6.45, 7) is 0. The van der Waals surface area contributed by atoms with Crippen LogP contribution in [0.1, 0.15) is 16.1 Å². The number of aromatic nitrogens is 3. The Morgan fingerprint density at radius 1 is 1.00 bits per heavy atom. The molecule has 11 heteroatoms. The number of anilines is 1. The van der Waals surface area contributed by atoms with Gasteiger partial charge in [-0.05, 0) is 48.0 Å². The fourth-order valence-corrected chi connectivity index (χ4v) is 4.50. The van der Waals surface area contributed by atoms with Gasteiger partial charge in [0.05, 0.1) is 38.6 Å². The molecule has 39 heavy (non-hydrogen) atoms. The largest absolute Gasteiger partial charge is 0.493 e. The zero-order valence-electron chi connectivity index (χ0n) is 21.5. The maximum Gasteiger partial charge on any atom is 0.439 e. The molecule has 0 radical (unpaired) electrons. The molecule has 3 aromatic carbocycles. The predicted octanol–water partition coefficient (Wildman–Crippen LogP) is 4.34. The molecule has 0 unspecified atom stereocenters. The lowest BCUT2D eigenvalue weighted by Crippen LogP contribution is -2.16. The van der Waals surface area contributed by atoms with Crippen molar-refractivity contribution in [1.82, 2.24) is 14.7 Å². The van der Waals surface area contributed by atoms with E-state index >= 15 is 0 Å². The first-order valence-electron chi connectivity index (χ1n) is 11.7. The van der Waals surface area contributed by atoms with Crippen LogP contribution < -0.4 is 25.3 Å². The Morgan fingerprint density at radius 3 is 2.46 bits per heavy atom. The summed E-state index contributed by atoms with van der Waals surface area (Å²) in [5.41, 5.74) is 3.89. The minimum Gasteiger partial charge on any atom is -0.493 e. The van der Waals surface area contributed by atoms with E-state index in [2.05, 4.69) is 20.0 Å². The van der Waals surface area contributed by atoms with Gasteiger partial charge in [-0.2, -0.15) is 5.26 Å². The van der Waals surface area contributed by atoms with Crippen LogP contribution in [0.3, 0.4) is 0 Å². The van der Waals surface area contributed by atoms with Crippen LogP contribution in [0.2, 0.25) is 0 Å². The van der Waals surface area contributed by atoms with Gasteiger partial charge in [-0.25, -0.2) is 4.79 Å². The number of aryl methyl sites for hydroxylation is 1. The Bertz CT molecular complexity index is 1820. The van der Waals surface area contributed by atoms with E-state index in [4.69, 9.17) is 14.2 Å². The predicted molar refractivity (Wildman–Crippen MR) is 143 cm³/mol. The van der Waals surface area contributed by atoms with Gasteiger partial charge in [0.15, 0.2) is 17.3 Å². The molecule has 0 saturated carbocycles. The summed E-state index contributed by atoms with van der Waals surface area (Å²) in [4.78, 5) is 27.3. The number of methoxy groups -OCH3 is 3. The van der Waals surface area contributed by atoms with E-state index in [-0.39, 0.29) is 5.82 Å². The van der Waals surface area contributed by atoms with E-state index in [9.17, 15) is 14.9 Å². The average Bonchev–Trinajstić information content (AvgIpc) is 3.54. The molecular weight excluding hydrogens is 502 g/mol. The highest BCUT2D eigenvalue weighted by Crippen LogP contribution is 2.44. The van der Waals surface area contributed by atoms with E-state index in [1.165, 1.54) is 6.07 Å². The standard InChI is InChI=1S/C28H23N5O6/c1-33-21-12-16(18-8-10-23(36-2)25(38-4)24(18)37-3)6-7-17(21)13-22(33)27(34)30-20-9-5-15(14-29)11-19(20)26-31-28(35)39-32-26/h5-13H,1-4H3,(H,30,34)(H,31,32,35). The van der Waals surface area contributed by atoms with Gasteiger partial charge in [0.2, 0.25) is 5.75 Å². The lowest BCUT2D eigenvalue weighted by Gasteiger charge is -2.16. The zero-order valence-corrected chi connectivity index (χ0v) is 21.5. The Labute approximate surface area is 222 Å². The summed E-state index contributed by atoms with van der Waals surface area (Å²) in [6.07, 6.45) is 0. The second kappa shape index (κ2) is 10.1. The van der Waals surface area contributed by atoms with Crippen molar-refractivity contribution in [2.75, 3.05) is 26.6 Å². The first-order valence-corrected chi connectivity index (χ1v) is 11.7. The van der Waals surface area contributed by atoms with E-state index in [0.717, 1.165) is 22.0 Å². The first kappa shape index (κ1) is 25.2. The highest BCUT2D eigenvalue weighted by Gasteiger charge is 2.20. The number of benzene rings is 3. The number of amides is 1. The number of H-pyrrole nitrogens is 1. The van der Waals surface area contributed by atoms with Gasteiger partial charge in [-0.15, -0.1) is 0 Å². The van der Waals surface area contributed by atoms with Crippen LogP contribution in [-0.4, -0.2) is 41.9 Å². The molecule has 0 bridgehead atoms. The van der Waals surface area contributed by atoms with Crippen molar-refractivity contribution in [3.05, 3.63) is 76.4 Å². The molecule has 0 fully saturated rings. The summed E-state index contributed by atoms with van der Waals surface area (Å²) in [5.74, 6) is 0.515. The van der Waals surface area contributed by atoms with Crippen LogP contribution in [0.5, 0.6) is 17.2 Å². The van der Waals surface area contributed by atoms with E-state index in [1.807, 2.05) is 36.4 Å². The number of hydrogen-bond donors (Lipinski definition) is 2. The number of ether oxygens (including phenoxy) is 3. The molecule has 0 atom stereocenters. The van der Waals surface area contributed by atoms with Gasteiger partial charge in [-0.1, -0.05) is 17.3 Å². The minimum absolute atomic E-state index is 0.0953. The normalized spacial score (nSPS) is 10.7. The Kier molecular flexibility index (Phi) is 6.52. The van der Waals surface area contributed by atoms with Crippen molar-refractivity contribution in [2.24, 2.45) is 7.05 Å². The molecule has 196 valence electrons. The topological polar surface area (TPSA) is 144 Å². The quantitative estimate of drug-likeness (QED) is 0.319. The van der Waals surface area contributed by atoms with E-state index in [0.29, 0.717) is 39.8 Å². The summed E-state index contributed by atoms with van der Waals surface area (Å²) >= 11 is 0. The molecule has 2 heterocycles. The van der Waals surface area contributed by atoms with Crippen LogP contribution in [0.25, 0.3) is 33.4 Å². The number of rotatable bonds is 7. The summed E-state index contributed by atoms with van der Waals surface area (Å²) in [7, 11) is 6.47. The number of nitriles is 1. The van der Waals surface area contributed by atoms with Crippen molar-refractivity contribution >= 4 is 22.5 Å². The third-order valence-electron chi connectivity index (χ3n) is 6.39. The molecule has 0 aliphatic carbocycles. The second-order valence-corrected chi connectivity index (χ2v) is 8.51. The van der Waals surface area contributed by atoms with E-state index < -0.39 is 11.7 Å². The fraction of sp³-hybridized carbons (Fsp3) is 0.143. The number of carbonyl (C=O) groups excluding carboxylic acids is 1. The van der Waals surface area contributed by atoms with Gasteiger partial charge < -0.3 is 24.1 Å². The number of nitrogens with zero attached hydrogens (tertiary/aromatic N) is 3. The van der Waals surface area contributed by atoms with Crippen LogP contribution in [0.15, 0.2) is 63.9 Å². The first-order chi connectivity index (χ1) is 18.9. The highest BCUT2D eigenvalue weighted by molar-refractivity contribution is 6.08. The Balaban J connectivity index is 1.53. The molecule has 5 rings (SSSR count). The molecular formula is C28H23N5O6. The maximum atomic E-state index is 13.4. The van der Waals surface area contributed by atoms with Gasteiger partial charge in [0.25, 0.3) is 5.91 Å². The van der Waals surface area contributed by atoms with Gasteiger partial charge in [-0.3, -0.25) is 14.3 Å². The minimum atomic E-state index is -0.750. The third kappa shape index (κ3) is 4.44. The summed E-state index contributed by atoms with van der Waals surface area (Å²) in [5, 5.41) is 16.7. The van der Waals surface area contributed by atoms with Gasteiger partial charge in [0, 0.05) is 29.1 Å². The molecule has 2 aromatic heterocycles. The Morgan fingerprint density at radius 2 is 1.79 bits per heavy atom. The number of carbonyl (C=O) groups is 1. The molecule has 0 spiro atoms. The third-order valence-corrected chi connectivity index (χ3v) is 6.39. The summed E-state index contributed by atoms with van der Waals surface area (Å²) < 4.78 is 23.0. The maximum absolute atomic E-state index is 13.4. The smallest absolute Gasteiger partial charge is 0.439 e. The second-order valence-electron chi connectivity index (χ2n) is 8.51. The number of fused-ring (bicyclic) bond motifs is 1. The van der Waals surface area contributed by atoms with Crippen LogP contribution >= 0.6 is 0 Å². The number of hydrogen-bond acceptors (Lipinski definition) is 8. The van der Waals surface area contributed by atoms with Crippen molar-refractivity contribution < 1.29 is 23.5 Å². The van der Waals surface area contributed by atoms with Crippen molar-refractivity contribution in [3.63, 3.8) is 0 Å². The molecule has 5 aromatic rings. The molecule has 11 nitrogen and oxygen atoms in total. The van der Waals surface area contributed by atoms with Crippen LogP contribution in [0.4, 0.5) is 5.69 Å². The van der Waals surface area contributed by atoms with Crippen molar-refractivity contribution in [3.8, 4) is 45.8 Å². The Hall–Kier alpha value is -5.50. The molecule has 0 saturated heterocycles.